The minimum atomic E-state index is 0.595. The molecule has 2 saturated heterocycles. The molecule has 3 fully saturated rings. The summed E-state index contributed by atoms with van der Waals surface area (Å²) in [6.07, 6.45) is 12.4. The van der Waals surface area contributed by atoms with Gasteiger partial charge in [0, 0.05) is 38.8 Å². The van der Waals surface area contributed by atoms with Gasteiger partial charge in [0.05, 0.1) is 0 Å². The van der Waals surface area contributed by atoms with Crippen molar-refractivity contribution in [2.45, 2.75) is 69.9 Å². The van der Waals surface area contributed by atoms with Gasteiger partial charge in [-0.25, -0.2) is 0 Å². The number of thioether (sulfide) groups is 1. The van der Waals surface area contributed by atoms with Crippen molar-refractivity contribution < 1.29 is 0 Å². The first-order chi connectivity index (χ1) is 11.8. The van der Waals surface area contributed by atoms with E-state index in [1.165, 1.54) is 82.4 Å². The van der Waals surface area contributed by atoms with Gasteiger partial charge in [0.1, 0.15) is 0 Å². The second-order valence-corrected chi connectivity index (χ2v) is 8.98. The van der Waals surface area contributed by atoms with Crippen LogP contribution in [-0.2, 0) is 0 Å². The quantitative estimate of drug-likeness (QED) is 0.602. The van der Waals surface area contributed by atoms with Crippen molar-refractivity contribution in [1.29, 1.82) is 0 Å². The largest absolute Gasteiger partial charge is 0.356 e. The van der Waals surface area contributed by atoms with Crippen molar-refractivity contribution in [3.05, 3.63) is 0 Å². The van der Waals surface area contributed by atoms with Crippen LogP contribution in [0.15, 0.2) is 4.99 Å². The first kappa shape index (κ1) is 18.4. The van der Waals surface area contributed by atoms with Crippen molar-refractivity contribution in [3.63, 3.8) is 0 Å². The summed E-state index contributed by atoms with van der Waals surface area (Å²) in [6, 6.07) is 1.47. The third-order valence-corrected chi connectivity index (χ3v) is 7.13. The van der Waals surface area contributed by atoms with E-state index in [4.69, 9.17) is 0 Å². The summed E-state index contributed by atoms with van der Waals surface area (Å²) >= 11 is 2.10. The lowest BCUT2D eigenvalue weighted by atomic mass is 9.92. The lowest BCUT2D eigenvalue weighted by molar-refractivity contribution is 0.119. The van der Waals surface area contributed by atoms with E-state index >= 15 is 0 Å². The number of likely N-dealkylation sites (tertiary alicyclic amines) is 1. The Hall–Kier alpha value is -0.420. The van der Waals surface area contributed by atoms with Crippen LogP contribution < -0.4 is 10.6 Å². The molecule has 0 unspecified atom stereocenters. The summed E-state index contributed by atoms with van der Waals surface area (Å²) < 4.78 is 0. The van der Waals surface area contributed by atoms with E-state index in [-0.39, 0.29) is 0 Å². The molecule has 0 spiro atoms. The summed E-state index contributed by atoms with van der Waals surface area (Å²) in [5.74, 6) is 4.51. The van der Waals surface area contributed by atoms with Gasteiger partial charge in [0.25, 0.3) is 0 Å². The lowest BCUT2D eigenvalue weighted by Crippen LogP contribution is -2.51. The maximum absolute atomic E-state index is 4.45. The Labute approximate surface area is 152 Å². The van der Waals surface area contributed by atoms with Crippen LogP contribution in [0.1, 0.15) is 57.8 Å². The highest BCUT2D eigenvalue weighted by Crippen LogP contribution is 2.25. The minimum absolute atomic E-state index is 0.595. The molecule has 1 aliphatic carbocycles. The zero-order chi connectivity index (χ0) is 16.6. The van der Waals surface area contributed by atoms with Gasteiger partial charge in [-0.15, -0.1) is 0 Å². The molecule has 3 rings (SSSR count). The highest BCUT2D eigenvalue weighted by molar-refractivity contribution is 7.99. The second kappa shape index (κ2) is 9.91. The zero-order valence-electron chi connectivity index (χ0n) is 15.4. The predicted molar refractivity (Wildman–Crippen MR) is 106 cm³/mol. The number of nitrogens with zero attached hydrogens (tertiary/aromatic N) is 2. The number of aliphatic imine (C=N–C) groups is 1. The molecule has 1 saturated carbocycles. The smallest absolute Gasteiger partial charge is 0.191 e. The Kier molecular flexibility index (Phi) is 7.58. The number of hydrogen-bond acceptors (Lipinski definition) is 3. The van der Waals surface area contributed by atoms with Crippen molar-refractivity contribution in [2.75, 3.05) is 38.2 Å². The molecule has 0 aromatic heterocycles. The van der Waals surface area contributed by atoms with Crippen molar-refractivity contribution in [3.8, 4) is 0 Å². The molecule has 0 aromatic carbocycles. The van der Waals surface area contributed by atoms with Gasteiger partial charge in [-0.3, -0.25) is 4.99 Å². The van der Waals surface area contributed by atoms with Gasteiger partial charge in [-0.1, -0.05) is 19.3 Å². The van der Waals surface area contributed by atoms with E-state index in [1.807, 2.05) is 7.05 Å². The molecule has 2 heterocycles. The van der Waals surface area contributed by atoms with Crippen molar-refractivity contribution >= 4 is 17.7 Å². The standard InChI is InChI=1S/C19H36N4S/c1-20-19(21-15-16-9-13-24-14-10-16)22-17-7-11-23(12-8-17)18-5-3-2-4-6-18/h16-18H,2-15H2,1H3,(H2,20,21,22). The van der Waals surface area contributed by atoms with E-state index in [1.54, 1.807) is 0 Å². The van der Waals surface area contributed by atoms with E-state index < -0.39 is 0 Å². The van der Waals surface area contributed by atoms with Gasteiger partial charge in [0.15, 0.2) is 5.96 Å². The highest BCUT2D eigenvalue weighted by atomic mass is 32.2. The van der Waals surface area contributed by atoms with Gasteiger partial charge in [-0.05, 0) is 55.9 Å². The monoisotopic (exact) mass is 352 g/mol. The maximum atomic E-state index is 4.45. The minimum Gasteiger partial charge on any atom is -0.356 e. The highest BCUT2D eigenvalue weighted by Gasteiger charge is 2.26. The summed E-state index contributed by atoms with van der Waals surface area (Å²) in [6.45, 7) is 3.61. The Morgan fingerprint density at radius 3 is 2.38 bits per heavy atom. The SMILES string of the molecule is CN=C(NCC1CCSCC1)NC1CCN(C2CCCCC2)CC1. The van der Waals surface area contributed by atoms with Gasteiger partial charge < -0.3 is 15.5 Å². The van der Waals surface area contributed by atoms with E-state index in [2.05, 4.69) is 32.3 Å². The average Bonchev–Trinajstić information content (AvgIpc) is 2.67. The Balaban J connectivity index is 1.36. The van der Waals surface area contributed by atoms with Crippen LogP contribution in [0.4, 0.5) is 0 Å². The number of piperidine rings is 1. The third-order valence-electron chi connectivity index (χ3n) is 6.08. The Bertz CT molecular complexity index is 381. The molecule has 4 nitrogen and oxygen atoms in total. The molecule has 2 N–H and O–H groups in total. The number of rotatable bonds is 4. The normalized spacial score (nSPS) is 26.5. The molecule has 0 atom stereocenters. The Morgan fingerprint density at radius 1 is 1.00 bits per heavy atom. The van der Waals surface area contributed by atoms with E-state index in [9.17, 15) is 0 Å². The lowest BCUT2D eigenvalue weighted by Gasteiger charge is -2.39. The van der Waals surface area contributed by atoms with Crippen LogP contribution in [0.2, 0.25) is 0 Å². The second-order valence-electron chi connectivity index (χ2n) is 7.76. The first-order valence-electron chi connectivity index (χ1n) is 10.1. The topological polar surface area (TPSA) is 39.7 Å². The summed E-state index contributed by atoms with van der Waals surface area (Å²) in [4.78, 5) is 7.21. The molecule has 138 valence electrons. The molecule has 0 amide bonds. The van der Waals surface area contributed by atoms with Gasteiger partial charge in [0.2, 0.25) is 0 Å². The fraction of sp³-hybridized carbons (Fsp3) is 0.947. The molecule has 0 aromatic rings. The van der Waals surface area contributed by atoms with Crippen LogP contribution in [0.3, 0.4) is 0 Å². The van der Waals surface area contributed by atoms with Gasteiger partial charge >= 0.3 is 0 Å². The van der Waals surface area contributed by atoms with E-state index in [0.29, 0.717) is 6.04 Å². The number of nitrogens with one attached hydrogen (secondary N) is 2. The molecule has 5 heteroatoms. The zero-order valence-corrected chi connectivity index (χ0v) is 16.3. The van der Waals surface area contributed by atoms with Crippen LogP contribution in [0, 0.1) is 5.92 Å². The van der Waals surface area contributed by atoms with Crippen molar-refractivity contribution in [1.82, 2.24) is 15.5 Å². The molecule has 2 aliphatic heterocycles. The maximum Gasteiger partial charge on any atom is 0.191 e. The molecule has 0 bridgehead atoms. The molecule has 3 aliphatic rings. The average molecular weight is 353 g/mol. The number of hydrogen-bond donors (Lipinski definition) is 2. The molecular weight excluding hydrogens is 316 g/mol. The van der Waals surface area contributed by atoms with Crippen LogP contribution in [0.5, 0.6) is 0 Å². The fourth-order valence-electron chi connectivity index (χ4n) is 4.43. The summed E-state index contributed by atoms with van der Waals surface area (Å²) in [5, 5.41) is 7.25. The van der Waals surface area contributed by atoms with Crippen molar-refractivity contribution in [2.24, 2.45) is 10.9 Å². The van der Waals surface area contributed by atoms with Crippen LogP contribution >= 0.6 is 11.8 Å². The van der Waals surface area contributed by atoms with E-state index in [0.717, 1.165) is 24.5 Å². The predicted octanol–water partition coefficient (Wildman–Crippen LogP) is 3.09. The fourth-order valence-corrected chi connectivity index (χ4v) is 5.64. The molecular formula is C19H36N4S. The first-order valence-corrected chi connectivity index (χ1v) is 11.3. The van der Waals surface area contributed by atoms with Crippen LogP contribution in [-0.4, -0.2) is 61.1 Å². The van der Waals surface area contributed by atoms with Gasteiger partial charge in [-0.2, -0.15) is 11.8 Å². The van der Waals surface area contributed by atoms with Crippen LogP contribution in [0.25, 0.3) is 0 Å². The molecule has 24 heavy (non-hydrogen) atoms. The summed E-state index contributed by atoms with van der Waals surface area (Å²) in [5.41, 5.74) is 0. The summed E-state index contributed by atoms with van der Waals surface area (Å²) in [7, 11) is 1.91. The molecule has 0 radical (unpaired) electrons. The number of guanidine groups is 1. The Morgan fingerprint density at radius 2 is 1.71 bits per heavy atom. The third kappa shape index (κ3) is 5.55.